The van der Waals surface area contributed by atoms with Crippen molar-refractivity contribution in [1.29, 1.82) is 0 Å². The second kappa shape index (κ2) is 6.64. The first-order valence-electron chi connectivity index (χ1n) is 7.29. The van der Waals surface area contributed by atoms with Crippen molar-refractivity contribution in [2.45, 2.75) is 19.9 Å². The average molecular weight is 297 g/mol. The van der Waals surface area contributed by atoms with E-state index in [0.717, 1.165) is 31.0 Å². The standard InChI is InChI=1S/C18H19NOS/c1-2-11-20-17-9-5-4-8-16(17)19-12-14-13-21-18-10-6-3-7-15(14)18/h3-10,13,19H,2,11-12H2,1H3. The second-order valence-corrected chi connectivity index (χ2v) is 5.87. The predicted octanol–water partition coefficient (Wildman–Crippen LogP) is 5.30. The van der Waals surface area contributed by atoms with Gasteiger partial charge in [0, 0.05) is 11.2 Å². The van der Waals surface area contributed by atoms with Gasteiger partial charge in [-0.1, -0.05) is 37.3 Å². The third-order valence-corrected chi connectivity index (χ3v) is 4.39. The Morgan fingerprint density at radius 1 is 1.05 bits per heavy atom. The van der Waals surface area contributed by atoms with Crippen LogP contribution < -0.4 is 10.1 Å². The number of anilines is 1. The van der Waals surface area contributed by atoms with Crippen molar-refractivity contribution in [1.82, 2.24) is 0 Å². The van der Waals surface area contributed by atoms with Gasteiger partial charge in [-0.05, 0) is 40.9 Å². The summed E-state index contributed by atoms with van der Waals surface area (Å²) >= 11 is 1.80. The number of nitrogens with one attached hydrogen (secondary N) is 1. The molecule has 3 aromatic rings. The third kappa shape index (κ3) is 3.19. The zero-order valence-electron chi connectivity index (χ0n) is 12.1. The summed E-state index contributed by atoms with van der Waals surface area (Å²) in [5.74, 6) is 0.930. The van der Waals surface area contributed by atoms with Gasteiger partial charge in [-0.3, -0.25) is 0 Å². The van der Waals surface area contributed by atoms with Crippen LogP contribution in [0.5, 0.6) is 5.75 Å². The smallest absolute Gasteiger partial charge is 0.142 e. The summed E-state index contributed by atoms with van der Waals surface area (Å²) in [5.41, 5.74) is 2.39. The minimum absolute atomic E-state index is 0.750. The average Bonchev–Trinajstić information content (AvgIpc) is 2.95. The molecule has 1 aromatic heterocycles. The molecule has 0 aliphatic heterocycles. The molecule has 3 heteroatoms. The number of benzene rings is 2. The Morgan fingerprint density at radius 3 is 2.76 bits per heavy atom. The third-order valence-electron chi connectivity index (χ3n) is 3.38. The molecule has 0 saturated heterocycles. The van der Waals surface area contributed by atoms with E-state index in [2.05, 4.69) is 48.0 Å². The number of para-hydroxylation sites is 2. The van der Waals surface area contributed by atoms with Crippen molar-refractivity contribution in [2.75, 3.05) is 11.9 Å². The molecule has 0 atom stereocenters. The molecule has 0 saturated carbocycles. The zero-order chi connectivity index (χ0) is 14.5. The van der Waals surface area contributed by atoms with Crippen LogP contribution in [0.1, 0.15) is 18.9 Å². The van der Waals surface area contributed by atoms with Gasteiger partial charge < -0.3 is 10.1 Å². The number of ether oxygens (including phenoxy) is 1. The van der Waals surface area contributed by atoms with Crippen LogP contribution in [0.25, 0.3) is 10.1 Å². The lowest BCUT2D eigenvalue weighted by Crippen LogP contribution is -2.03. The highest BCUT2D eigenvalue weighted by atomic mass is 32.1. The van der Waals surface area contributed by atoms with Gasteiger partial charge in [-0.25, -0.2) is 0 Å². The fraction of sp³-hybridized carbons (Fsp3) is 0.222. The van der Waals surface area contributed by atoms with Crippen LogP contribution in [0.4, 0.5) is 5.69 Å². The predicted molar refractivity (Wildman–Crippen MR) is 91.4 cm³/mol. The fourth-order valence-corrected chi connectivity index (χ4v) is 3.27. The summed E-state index contributed by atoms with van der Waals surface area (Å²) in [5, 5.41) is 7.06. The molecular formula is C18H19NOS. The SMILES string of the molecule is CCCOc1ccccc1NCc1csc2ccccc12. The molecule has 1 N–H and O–H groups in total. The first-order valence-corrected chi connectivity index (χ1v) is 8.17. The minimum Gasteiger partial charge on any atom is -0.491 e. The van der Waals surface area contributed by atoms with Crippen molar-refractivity contribution in [3.05, 3.63) is 59.5 Å². The van der Waals surface area contributed by atoms with E-state index in [1.54, 1.807) is 11.3 Å². The van der Waals surface area contributed by atoms with Gasteiger partial charge in [0.1, 0.15) is 5.75 Å². The number of hydrogen-bond acceptors (Lipinski definition) is 3. The van der Waals surface area contributed by atoms with Crippen LogP contribution in [0.3, 0.4) is 0 Å². The maximum Gasteiger partial charge on any atom is 0.142 e. The summed E-state index contributed by atoms with van der Waals surface area (Å²) in [7, 11) is 0. The van der Waals surface area contributed by atoms with E-state index in [0.29, 0.717) is 0 Å². The van der Waals surface area contributed by atoms with Gasteiger partial charge in [-0.2, -0.15) is 0 Å². The van der Waals surface area contributed by atoms with Crippen molar-refractivity contribution in [3.63, 3.8) is 0 Å². The zero-order valence-corrected chi connectivity index (χ0v) is 13.0. The molecule has 0 fully saturated rings. The van der Waals surface area contributed by atoms with Gasteiger partial charge in [0.25, 0.3) is 0 Å². The number of rotatable bonds is 6. The Morgan fingerprint density at radius 2 is 1.86 bits per heavy atom. The van der Waals surface area contributed by atoms with Crippen molar-refractivity contribution < 1.29 is 4.74 Å². The number of hydrogen-bond donors (Lipinski definition) is 1. The topological polar surface area (TPSA) is 21.3 Å². The molecular weight excluding hydrogens is 278 g/mol. The monoisotopic (exact) mass is 297 g/mol. The Balaban J connectivity index is 1.75. The highest BCUT2D eigenvalue weighted by molar-refractivity contribution is 7.17. The quantitative estimate of drug-likeness (QED) is 0.666. The molecule has 3 rings (SSSR count). The molecule has 0 bridgehead atoms. The number of fused-ring (bicyclic) bond motifs is 1. The van der Waals surface area contributed by atoms with Gasteiger partial charge in [0.15, 0.2) is 0 Å². The van der Waals surface area contributed by atoms with Gasteiger partial charge in [0.05, 0.1) is 12.3 Å². The molecule has 0 unspecified atom stereocenters. The Labute approximate surface area is 129 Å². The molecule has 0 spiro atoms. The van der Waals surface area contributed by atoms with Crippen LogP contribution in [0.2, 0.25) is 0 Å². The van der Waals surface area contributed by atoms with Gasteiger partial charge in [-0.15, -0.1) is 11.3 Å². The molecule has 2 aromatic carbocycles. The molecule has 0 amide bonds. The highest BCUT2D eigenvalue weighted by Crippen LogP contribution is 2.28. The largest absolute Gasteiger partial charge is 0.491 e. The molecule has 1 heterocycles. The Hall–Kier alpha value is -2.00. The van der Waals surface area contributed by atoms with E-state index in [4.69, 9.17) is 4.74 Å². The lowest BCUT2D eigenvalue weighted by Gasteiger charge is -2.12. The van der Waals surface area contributed by atoms with Crippen LogP contribution in [0, 0.1) is 0 Å². The second-order valence-electron chi connectivity index (χ2n) is 4.96. The first-order chi connectivity index (χ1) is 10.4. The summed E-state index contributed by atoms with van der Waals surface area (Å²) in [6.07, 6.45) is 1.02. The van der Waals surface area contributed by atoms with Crippen molar-refractivity contribution in [3.8, 4) is 5.75 Å². The van der Waals surface area contributed by atoms with Crippen LogP contribution >= 0.6 is 11.3 Å². The van der Waals surface area contributed by atoms with Crippen LogP contribution in [-0.4, -0.2) is 6.61 Å². The lowest BCUT2D eigenvalue weighted by atomic mass is 10.2. The van der Waals surface area contributed by atoms with E-state index in [1.165, 1.54) is 15.6 Å². The normalized spacial score (nSPS) is 10.7. The summed E-state index contributed by atoms with van der Waals surface area (Å²) in [4.78, 5) is 0. The molecule has 2 nitrogen and oxygen atoms in total. The maximum atomic E-state index is 5.78. The Kier molecular flexibility index (Phi) is 4.41. The van der Waals surface area contributed by atoms with E-state index in [1.807, 2.05) is 18.2 Å². The minimum atomic E-state index is 0.750. The summed E-state index contributed by atoms with van der Waals surface area (Å²) < 4.78 is 7.12. The van der Waals surface area contributed by atoms with Crippen LogP contribution in [0.15, 0.2) is 53.9 Å². The fourth-order valence-electron chi connectivity index (χ4n) is 2.31. The lowest BCUT2D eigenvalue weighted by molar-refractivity contribution is 0.319. The molecule has 0 aliphatic carbocycles. The number of thiophene rings is 1. The highest BCUT2D eigenvalue weighted by Gasteiger charge is 2.05. The molecule has 108 valence electrons. The van der Waals surface area contributed by atoms with Gasteiger partial charge in [0.2, 0.25) is 0 Å². The summed E-state index contributed by atoms with van der Waals surface area (Å²) in [6, 6.07) is 16.7. The maximum absolute atomic E-state index is 5.78. The van der Waals surface area contributed by atoms with E-state index < -0.39 is 0 Å². The molecule has 21 heavy (non-hydrogen) atoms. The van der Waals surface area contributed by atoms with Crippen molar-refractivity contribution in [2.24, 2.45) is 0 Å². The molecule has 0 radical (unpaired) electrons. The Bertz CT molecular complexity index is 720. The van der Waals surface area contributed by atoms with Crippen molar-refractivity contribution >= 4 is 27.1 Å². The van der Waals surface area contributed by atoms with Gasteiger partial charge >= 0.3 is 0 Å². The molecule has 0 aliphatic rings. The van der Waals surface area contributed by atoms with E-state index in [-0.39, 0.29) is 0 Å². The van der Waals surface area contributed by atoms with E-state index in [9.17, 15) is 0 Å². The first kappa shape index (κ1) is 14.0. The van der Waals surface area contributed by atoms with E-state index >= 15 is 0 Å². The summed E-state index contributed by atoms with van der Waals surface area (Å²) in [6.45, 7) is 3.68. The van der Waals surface area contributed by atoms with Crippen LogP contribution in [-0.2, 0) is 6.54 Å².